The Morgan fingerprint density at radius 2 is 1.25 bits per heavy atom. The van der Waals surface area contributed by atoms with Gasteiger partial charge in [-0.2, -0.15) is 13.2 Å². The van der Waals surface area contributed by atoms with Crippen LogP contribution in [0.25, 0.3) is 0 Å². The summed E-state index contributed by atoms with van der Waals surface area (Å²) < 4.78 is 58.9. The van der Waals surface area contributed by atoms with E-state index in [0.29, 0.717) is 0 Å². The van der Waals surface area contributed by atoms with Crippen LogP contribution < -0.4 is 0 Å². The lowest BCUT2D eigenvalue weighted by Crippen LogP contribution is -2.21. The molecule has 0 aromatic heterocycles. The zero-order chi connectivity index (χ0) is 10.6. The Kier molecular flexibility index (Phi) is 6.09. The van der Waals surface area contributed by atoms with Crippen molar-refractivity contribution in [2.75, 3.05) is 20.0 Å². The summed E-state index contributed by atoms with van der Waals surface area (Å²) in [5.41, 5.74) is -5.65. The van der Waals surface area contributed by atoms with E-state index in [1.807, 2.05) is 0 Å². The molecule has 0 heterocycles. The van der Waals surface area contributed by atoms with Crippen molar-refractivity contribution in [1.82, 2.24) is 0 Å². The molecule has 0 spiro atoms. The van der Waals surface area contributed by atoms with E-state index < -0.39 is 15.6 Å². The Labute approximate surface area is 70.5 Å². The molecular weight excluding hydrogens is 216 g/mol. The predicted molar refractivity (Wildman–Crippen MR) is 41.8 cm³/mol. The minimum atomic E-state index is -6.09. The quantitative estimate of drug-likeness (QED) is 0.353. The monoisotopic (exact) mass is 226 g/mol. The van der Waals surface area contributed by atoms with Gasteiger partial charge in [-0.1, -0.05) is 0 Å². The minimum Gasteiger partial charge on any atom is -0.741 e. The molecule has 0 saturated carbocycles. The van der Waals surface area contributed by atoms with Crippen LogP contribution in [0.1, 0.15) is 0 Å². The van der Waals surface area contributed by atoms with Crippen LogP contribution in [0.5, 0.6) is 0 Å². The highest BCUT2D eigenvalue weighted by Gasteiger charge is 2.36. The topological polar surface area (TPSA) is 57.2 Å². The van der Waals surface area contributed by atoms with Crippen LogP contribution in [0.15, 0.2) is 0 Å². The molecule has 0 saturated heterocycles. The lowest BCUT2D eigenvalue weighted by Gasteiger charge is -2.08. The van der Waals surface area contributed by atoms with Crippen LogP contribution >= 0.6 is 7.92 Å². The van der Waals surface area contributed by atoms with Gasteiger partial charge in [-0.25, -0.2) is 8.42 Å². The number of halogens is 3. The lowest BCUT2D eigenvalue weighted by molar-refractivity contribution is -0.0517. The van der Waals surface area contributed by atoms with E-state index in [0.717, 1.165) is 0 Å². The first-order valence-corrected chi connectivity index (χ1v) is 7.18. The summed E-state index contributed by atoms with van der Waals surface area (Å²) in [7, 11) is -5.97. The van der Waals surface area contributed by atoms with E-state index in [1.54, 1.807) is 0 Å². The zero-order valence-electron chi connectivity index (χ0n) is 6.77. The van der Waals surface area contributed by atoms with Crippen molar-refractivity contribution >= 4 is 18.0 Å². The average molecular weight is 226 g/mol. The Morgan fingerprint density at radius 1 is 1.17 bits per heavy atom. The van der Waals surface area contributed by atoms with Crippen LogP contribution in [0.3, 0.4) is 0 Å². The van der Waals surface area contributed by atoms with E-state index in [1.165, 1.54) is 0 Å². The van der Waals surface area contributed by atoms with Gasteiger partial charge in [-0.05, 0) is 7.92 Å². The summed E-state index contributed by atoms with van der Waals surface area (Å²) in [5, 5.41) is 0. The highest BCUT2D eigenvalue weighted by atomic mass is 32.2. The molecule has 0 aliphatic heterocycles. The van der Waals surface area contributed by atoms with E-state index in [4.69, 9.17) is 13.0 Å². The van der Waals surface area contributed by atoms with Gasteiger partial charge in [0.05, 0.1) is 0 Å². The average Bonchev–Trinajstić information content (AvgIpc) is 1.55. The molecule has 12 heavy (non-hydrogen) atoms. The zero-order valence-corrected chi connectivity index (χ0v) is 8.58. The molecule has 76 valence electrons. The summed E-state index contributed by atoms with van der Waals surface area (Å²) in [6.45, 7) is 6.81. The molecule has 0 aliphatic carbocycles. The SMILES string of the molecule is C[PH+](C)C.O=S(=O)([O-])C(F)(F)F. The Balaban J connectivity index is 0. The first-order valence-electron chi connectivity index (χ1n) is 2.77. The Morgan fingerprint density at radius 3 is 1.25 bits per heavy atom. The molecule has 0 bridgehead atoms. The minimum absolute atomic E-state index is 0.120. The number of rotatable bonds is 0. The fourth-order valence-corrected chi connectivity index (χ4v) is 0. The van der Waals surface area contributed by atoms with Gasteiger partial charge in [-0.3, -0.25) is 0 Å². The third kappa shape index (κ3) is 10.1. The van der Waals surface area contributed by atoms with Crippen molar-refractivity contribution in [3.05, 3.63) is 0 Å². The van der Waals surface area contributed by atoms with Crippen LogP contribution in [0, 0.1) is 0 Å². The summed E-state index contributed by atoms with van der Waals surface area (Å²) >= 11 is 0. The molecule has 0 amide bonds. The molecule has 0 fully saturated rings. The van der Waals surface area contributed by atoms with Gasteiger partial charge in [0.2, 0.25) is 0 Å². The van der Waals surface area contributed by atoms with Gasteiger partial charge in [0.15, 0.2) is 10.1 Å². The maximum atomic E-state index is 10.7. The van der Waals surface area contributed by atoms with Crippen molar-refractivity contribution in [3.8, 4) is 0 Å². The third-order valence-corrected chi connectivity index (χ3v) is 0.850. The van der Waals surface area contributed by atoms with E-state index in [9.17, 15) is 13.2 Å². The number of alkyl halides is 3. The predicted octanol–water partition coefficient (Wildman–Crippen LogP) is 1.14. The summed E-state index contributed by atoms with van der Waals surface area (Å²) in [5.74, 6) is 0. The number of hydrogen-bond donors (Lipinski definition) is 0. The second-order valence-electron chi connectivity index (χ2n) is 2.40. The second-order valence-corrected chi connectivity index (χ2v) is 6.77. The van der Waals surface area contributed by atoms with Crippen LogP contribution in [0.4, 0.5) is 13.2 Å². The Hall–Kier alpha value is 0.130. The van der Waals surface area contributed by atoms with Crippen LogP contribution in [-0.2, 0) is 10.1 Å². The molecule has 0 aliphatic rings. The molecule has 0 radical (unpaired) electrons. The van der Waals surface area contributed by atoms with E-state index in [2.05, 4.69) is 20.0 Å². The maximum Gasteiger partial charge on any atom is 0.485 e. The summed E-state index contributed by atoms with van der Waals surface area (Å²) in [6, 6.07) is 0. The van der Waals surface area contributed by atoms with Crippen molar-refractivity contribution in [2.45, 2.75) is 5.51 Å². The van der Waals surface area contributed by atoms with Gasteiger partial charge in [-0.15, -0.1) is 0 Å². The second kappa shape index (κ2) is 4.99. The van der Waals surface area contributed by atoms with Crippen molar-refractivity contribution < 1.29 is 26.1 Å². The molecule has 0 aromatic carbocycles. The molecule has 0 N–H and O–H groups in total. The van der Waals surface area contributed by atoms with Crippen LogP contribution in [0.2, 0.25) is 0 Å². The molecule has 3 nitrogen and oxygen atoms in total. The lowest BCUT2D eigenvalue weighted by atomic mass is 11.6. The highest BCUT2D eigenvalue weighted by Crippen LogP contribution is 2.20. The molecule has 0 aromatic rings. The normalized spacial score (nSPS) is 12.3. The fourth-order valence-electron chi connectivity index (χ4n) is 0. The molecule has 0 rings (SSSR count). The van der Waals surface area contributed by atoms with Gasteiger partial charge in [0.25, 0.3) is 0 Å². The van der Waals surface area contributed by atoms with Gasteiger partial charge < -0.3 is 4.55 Å². The largest absolute Gasteiger partial charge is 0.741 e. The highest BCUT2D eigenvalue weighted by molar-refractivity contribution is 7.86. The van der Waals surface area contributed by atoms with Crippen molar-refractivity contribution in [2.24, 2.45) is 0 Å². The summed E-state index contributed by atoms with van der Waals surface area (Å²) in [6.07, 6.45) is 0. The molecule has 8 heteroatoms. The van der Waals surface area contributed by atoms with E-state index >= 15 is 0 Å². The Bertz CT molecular complexity index is 205. The standard InChI is InChI=1S/C3H9P.CHF3O3S/c1-4(2)3;2-1(3,4)8(5,6)7/h1-3H3;(H,5,6,7). The summed E-state index contributed by atoms with van der Waals surface area (Å²) in [4.78, 5) is 0. The fraction of sp³-hybridized carbons (Fsp3) is 1.00. The first kappa shape index (κ1) is 14.6. The number of hydrogen-bond acceptors (Lipinski definition) is 3. The first-order chi connectivity index (χ1) is 4.98. The van der Waals surface area contributed by atoms with Crippen molar-refractivity contribution in [1.29, 1.82) is 0 Å². The van der Waals surface area contributed by atoms with Gasteiger partial charge >= 0.3 is 5.51 Å². The smallest absolute Gasteiger partial charge is 0.485 e. The third-order valence-electron chi connectivity index (χ3n) is 0.283. The van der Waals surface area contributed by atoms with E-state index in [-0.39, 0.29) is 7.92 Å². The molecule has 0 unspecified atom stereocenters. The molecular formula is C4H10F3O3PS. The van der Waals surface area contributed by atoms with Gasteiger partial charge in [0, 0.05) is 20.0 Å². The van der Waals surface area contributed by atoms with Crippen molar-refractivity contribution in [3.63, 3.8) is 0 Å². The maximum absolute atomic E-state index is 10.7. The van der Waals surface area contributed by atoms with Gasteiger partial charge in [0.1, 0.15) is 0 Å². The molecule has 0 atom stereocenters. The van der Waals surface area contributed by atoms with Crippen LogP contribution in [-0.4, -0.2) is 38.5 Å².